The van der Waals surface area contributed by atoms with Crippen LogP contribution < -0.4 is 0 Å². The van der Waals surface area contributed by atoms with Gasteiger partial charge in [0.1, 0.15) is 11.5 Å². The van der Waals surface area contributed by atoms with E-state index in [-0.39, 0.29) is 17.9 Å². The van der Waals surface area contributed by atoms with Gasteiger partial charge < -0.3 is 15.3 Å². The third-order valence-electron chi connectivity index (χ3n) is 2.89. The van der Waals surface area contributed by atoms with E-state index < -0.39 is 11.4 Å². The van der Waals surface area contributed by atoms with Crippen LogP contribution in [-0.2, 0) is 10.2 Å². The molecule has 0 aliphatic heterocycles. The van der Waals surface area contributed by atoms with Gasteiger partial charge in [-0.2, -0.15) is 0 Å². The summed E-state index contributed by atoms with van der Waals surface area (Å²) in [5.74, 6) is -0.947. The lowest BCUT2D eigenvalue weighted by Crippen LogP contribution is -2.13. The molecule has 0 heterocycles. The summed E-state index contributed by atoms with van der Waals surface area (Å²) in [6.07, 6.45) is 1.35. The molecule has 0 aromatic heterocycles. The Morgan fingerprint density at radius 1 is 1.27 bits per heavy atom. The largest absolute Gasteiger partial charge is 0.508 e. The molecule has 15 heavy (non-hydrogen) atoms. The minimum atomic E-state index is -0.907. The zero-order valence-corrected chi connectivity index (χ0v) is 8.10. The Balaban J connectivity index is 2.41. The molecule has 1 aliphatic rings. The number of carboxylic acids is 1. The average molecular weight is 208 g/mol. The third-order valence-corrected chi connectivity index (χ3v) is 2.89. The second kappa shape index (κ2) is 3.15. The number of hydrogen-bond acceptors (Lipinski definition) is 3. The molecule has 0 atom stereocenters. The molecular formula is C11H12O4. The van der Waals surface area contributed by atoms with Gasteiger partial charge in [0.2, 0.25) is 0 Å². The molecule has 1 fully saturated rings. The van der Waals surface area contributed by atoms with Gasteiger partial charge in [-0.3, -0.25) is 4.79 Å². The Morgan fingerprint density at radius 3 is 2.20 bits per heavy atom. The van der Waals surface area contributed by atoms with E-state index in [4.69, 9.17) is 5.11 Å². The van der Waals surface area contributed by atoms with E-state index in [0.717, 1.165) is 0 Å². The third kappa shape index (κ3) is 1.63. The van der Waals surface area contributed by atoms with Crippen molar-refractivity contribution < 1.29 is 20.1 Å². The number of rotatable bonds is 3. The second-order valence-electron chi connectivity index (χ2n) is 4.02. The molecular weight excluding hydrogens is 196 g/mol. The fourth-order valence-electron chi connectivity index (χ4n) is 2.03. The van der Waals surface area contributed by atoms with Crippen LogP contribution in [0.3, 0.4) is 0 Å². The van der Waals surface area contributed by atoms with Crippen molar-refractivity contribution >= 4 is 5.97 Å². The molecule has 0 bridgehead atoms. The van der Waals surface area contributed by atoms with Crippen molar-refractivity contribution in [3.8, 4) is 11.5 Å². The van der Waals surface area contributed by atoms with Crippen molar-refractivity contribution in [2.75, 3.05) is 0 Å². The van der Waals surface area contributed by atoms with Crippen molar-refractivity contribution in [3.05, 3.63) is 23.8 Å². The predicted octanol–water partition coefficient (Wildman–Crippen LogP) is 1.60. The maximum Gasteiger partial charge on any atom is 0.304 e. The molecule has 1 aromatic carbocycles. The highest BCUT2D eigenvalue weighted by atomic mass is 16.4. The molecule has 1 aliphatic carbocycles. The summed E-state index contributed by atoms with van der Waals surface area (Å²) in [7, 11) is 0. The maximum absolute atomic E-state index is 10.7. The number of phenols is 2. The number of aromatic hydroxyl groups is 2. The molecule has 80 valence electrons. The van der Waals surface area contributed by atoms with E-state index in [1.165, 1.54) is 18.2 Å². The normalized spacial score (nSPS) is 17.3. The van der Waals surface area contributed by atoms with Gasteiger partial charge in [0.05, 0.1) is 6.42 Å². The van der Waals surface area contributed by atoms with Crippen LogP contribution in [0, 0.1) is 0 Å². The smallest absolute Gasteiger partial charge is 0.304 e. The standard InChI is InChI=1S/C11H12O4/c12-7-2-1-3-8(13)10(7)11(4-5-11)6-9(14)15/h1-3,12-13H,4-6H2,(H,14,15). The van der Waals surface area contributed by atoms with E-state index in [9.17, 15) is 15.0 Å². The lowest BCUT2D eigenvalue weighted by molar-refractivity contribution is -0.137. The van der Waals surface area contributed by atoms with Gasteiger partial charge in [-0.1, -0.05) is 6.07 Å². The highest BCUT2D eigenvalue weighted by Crippen LogP contribution is 2.56. The van der Waals surface area contributed by atoms with Gasteiger partial charge >= 0.3 is 5.97 Å². The van der Waals surface area contributed by atoms with Crippen LogP contribution in [0.5, 0.6) is 11.5 Å². The number of aliphatic carboxylic acids is 1. The van der Waals surface area contributed by atoms with Crippen LogP contribution in [0.4, 0.5) is 0 Å². The average Bonchev–Trinajstić information content (AvgIpc) is 2.83. The molecule has 4 nitrogen and oxygen atoms in total. The minimum absolute atomic E-state index is 0.0197. The highest BCUT2D eigenvalue weighted by molar-refractivity contribution is 5.71. The summed E-state index contributed by atoms with van der Waals surface area (Å²) in [6.45, 7) is 0. The summed E-state index contributed by atoms with van der Waals surface area (Å²) in [5.41, 5.74) is -0.172. The quantitative estimate of drug-likeness (QED) is 0.705. The topological polar surface area (TPSA) is 77.8 Å². The Hall–Kier alpha value is -1.71. The van der Waals surface area contributed by atoms with E-state index in [1.54, 1.807) is 0 Å². The predicted molar refractivity (Wildman–Crippen MR) is 52.9 cm³/mol. The van der Waals surface area contributed by atoms with Gasteiger partial charge in [0, 0.05) is 11.0 Å². The van der Waals surface area contributed by atoms with Crippen LogP contribution in [0.25, 0.3) is 0 Å². The van der Waals surface area contributed by atoms with Crippen LogP contribution >= 0.6 is 0 Å². The fourth-order valence-corrected chi connectivity index (χ4v) is 2.03. The van der Waals surface area contributed by atoms with Gasteiger partial charge in [0.25, 0.3) is 0 Å². The molecule has 0 amide bonds. The van der Waals surface area contributed by atoms with E-state index in [0.29, 0.717) is 18.4 Å². The van der Waals surface area contributed by atoms with E-state index in [1.807, 2.05) is 0 Å². The van der Waals surface area contributed by atoms with Gasteiger partial charge in [-0.05, 0) is 25.0 Å². The SMILES string of the molecule is O=C(O)CC1(c2c(O)cccc2O)CC1. The van der Waals surface area contributed by atoms with E-state index in [2.05, 4.69) is 0 Å². The number of benzene rings is 1. The molecule has 0 spiro atoms. The molecule has 0 unspecified atom stereocenters. The number of phenolic OH excluding ortho intramolecular Hbond substituents is 2. The highest BCUT2D eigenvalue weighted by Gasteiger charge is 2.49. The zero-order chi connectivity index (χ0) is 11.1. The lowest BCUT2D eigenvalue weighted by atomic mass is 9.91. The second-order valence-corrected chi connectivity index (χ2v) is 4.02. The first-order chi connectivity index (χ1) is 7.05. The van der Waals surface area contributed by atoms with Gasteiger partial charge in [0.15, 0.2) is 0 Å². The van der Waals surface area contributed by atoms with Crippen LogP contribution in [0.2, 0.25) is 0 Å². The monoisotopic (exact) mass is 208 g/mol. The first-order valence-electron chi connectivity index (χ1n) is 4.78. The first-order valence-corrected chi connectivity index (χ1v) is 4.78. The van der Waals surface area contributed by atoms with Crippen LogP contribution in [0.1, 0.15) is 24.8 Å². The molecule has 0 saturated heterocycles. The Kier molecular flexibility index (Phi) is 2.07. The van der Waals surface area contributed by atoms with Crippen molar-refractivity contribution in [1.82, 2.24) is 0 Å². The molecule has 1 aromatic rings. The summed E-state index contributed by atoms with van der Waals surface area (Å²) in [4.78, 5) is 10.7. The summed E-state index contributed by atoms with van der Waals surface area (Å²) < 4.78 is 0. The van der Waals surface area contributed by atoms with Crippen molar-refractivity contribution in [1.29, 1.82) is 0 Å². The summed E-state index contributed by atoms with van der Waals surface area (Å²) in [5, 5.41) is 28.0. The Labute approximate surface area is 86.8 Å². The van der Waals surface area contributed by atoms with Crippen molar-refractivity contribution in [3.63, 3.8) is 0 Å². The number of carbonyl (C=O) groups is 1. The summed E-state index contributed by atoms with van der Waals surface area (Å²) >= 11 is 0. The molecule has 4 heteroatoms. The van der Waals surface area contributed by atoms with Gasteiger partial charge in [-0.25, -0.2) is 0 Å². The van der Waals surface area contributed by atoms with Crippen LogP contribution in [-0.4, -0.2) is 21.3 Å². The fraction of sp³-hybridized carbons (Fsp3) is 0.364. The number of hydrogen-bond donors (Lipinski definition) is 3. The van der Waals surface area contributed by atoms with E-state index >= 15 is 0 Å². The molecule has 0 radical (unpaired) electrons. The molecule has 2 rings (SSSR count). The lowest BCUT2D eigenvalue weighted by Gasteiger charge is -2.15. The van der Waals surface area contributed by atoms with Gasteiger partial charge in [-0.15, -0.1) is 0 Å². The Morgan fingerprint density at radius 2 is 1.80 bits per heavy atom. The zero-order valence-electron chi connectivity index (χ0n) is 8.10. The minimum Gasteiger partial charge on any atom is -0.508 e. The molecule has 1 saturated carbocycles. The van der Waals surface area contributed by atoms with Crippen molar-refractivity contribution in [2.24, 2.45) is 0 Å². The maximum atomic E-state index is 10.7. The first kappa shape index (κ1) is 9.83. The Bertz CT molecular complexity index is 387. The molecule has 3 N–H and O–H groups in total. The number of carboxylic acid groups (broad SMARTS) is 1. The van der Waals surface area contributed by atoms with Crippen LogP contribution in [0.15, 0.2) is 18.2 Å². The van der Waals surface area contributed by atoms with Crippen molar-refractivity contribution in [2.45, 2.75) is 24.7 Å². The summed E-state index contributed by atoms with van der Waals surface area (Å²) in [6, 6.07) is 4.47.